The predicted molar refractivity (Wildman–Crippen MR) is 68.9 cm³/mol. The number of phenols is 1. The quantitative estimate of drug-likeness (QED) is 0.755. The SMILES string of the molecule is Nc1cccc(O)c1-c1cccc2c1OCCO2. The molecule has 1 heterocycles. The van der Waals surface area contributed by atoms with Crippen LogP contribution in [0, 0.1) is 0 Å². The number of benzene rings is 2. The summed E-state index contributed by atoms with van der Waals surface area (Å²) in [6.07, 6.45) is 0. The highest BCUT2D eigenvalue weighted by molar-refractivity contribution is 5.86. The van der Waals surface area contributed by atoms with Gasteiger partial charge in [0.1, 0.15) is 19.0 Å². The van der Waals surface area contributed by atoms with E-state index in [4.69, 9.17) is 15.2 Å². The Morgan fingerprint density at radius 1 is 1.00 bits per heavy atom. The number of nitrogens with two attached hydrogens (primary N) is 1. The third-order valence-electron chi connectivity index (χ3n) is 2.91. The number of para-hydroxylation sites is 1. The summed E-state index contributed by atoms with van der Waals surface area (Å²) in [5.41, 5.74) is 7.78. The van der Waals surface area contributed by atoms with Gasteiger partial charge in [-0.1, -0.05) is 18.2 Å². The third-order valence-corrected chi connectivity index (χ3v) is 2.91. The Balaban J connectivity index is 2.23. The van der Waals surface area contributed by atoms with E-state index in [0.717, 1.165) is 5.56 Å². The molecular formula is C14H13NO3. The van der Waals surface area contributed by atoms with Gasteiger partial charge in [-0.05, 0) is 18.2 Å². The van der Waals surface area contributed by atoms with E-state index < -0.39 is 0 Å². The minimum atomic E-state index is 0.137. The van der Waals surface area contributed by atoms with Crippen molar-refractivity contribution < 1.29 is 14.6 Å². The maximum absolute atomic E-state index is 9.97. The maximum atomic E-state index is 9.97. The lowest BCUT2D eigenvalue weighted by molar-refractivity contribution is 0.172. The fourth-order valence-electron chi connectivity index (χ4n) is 2.12. The van der Waals surface area contributed by atoms with Crippen LogP contribution in [0.15, 0.2) is 36.4 Å². The first-order valence-electron chi connectivity index (χ1n) is 5.74. The Morgan fingerprint density at radius 3 is 2.61 bits per heavy atom. The number of rotatable bonds is 1. The number of hydrogen-bond acceptors (Lipinski definition) is 4. The molecule has 0 aromatic heterocycles. The summed E-state index contributed by atoms with van der Waals surface area (Å²) in [5.74, 6) is 1.45. The largest absolute Gasteiger partial charge is 0.507 e. The molecule has 0 saturated carbocycles. The van der Waals surface area contributed by atoms with Gasteiger partial charge in [-0.3, -0.25) is 0 Å². The molecule has 1 aliphatic rings. The van der Waals surface area contributed by atoms with Crippen LogP contribution in [0.3, 0.4) is 0 Å². The Kier molecular flexibility index (Phi) is 2.48. The summed E-state index contributed by atoms with van der Waals surface area (Å²) in [4.78, 5) is 0. The lowest BCUT2D eigenvalue weighted by atomic mass is 10.0. The molecule has 2 aromatic rings. The van der Waals surface area contributed by atoms with Crippen LogP contribution in [0.5, 0.6) is 17.2 Å². The zero-order chi connectivity index (χ0) is 12.5. The molecule has 0 spiro atoms. The summed E-state index contributed by atoms with van der Waals surface area (Å²) < 4.78 is 11.1. The maximum Gasteiger partial charge on any atom is 0.169 e. The van der Waals surface area contributed by atoms with Crippen LogP contribution in [0.2, 0.25) is 0 Å². The second kappa shape index (κ2) is 4.14. The smallest absolute Gasteiger partial charge is 0.169 e. The summed E-state index contributed by atoms with van der Waals surface area (Å²) in [5, 5.41) is 9.97. The van der Waals surface area contributed by atoms with E-state index >= 15 is 0 Å². The van der Waals surface area contributed by atoms with Gasteiger partial charge in [0.05, 0.1) is 5.56 Å². The van der Waals surface area contributed by atoms with Gasteiger partial charge in [0.25, 0.3) is 0 Å². The average Bonchev–Trinajstić information content (AvgIpc) is 2.39. The van der Waals surface area contributed by atoms with Crippen LogP contribution in [-0.4, -0.2) is 18.3 Å². The van der Waals surface area contributed by atoms with E-state index in [1.54, 1.807) is 18.2 Å². The third kappa shape index (κ3) is 1.62. The molecule has 0 atom stereocenters. The monoisotopic (exact) mass is 243 g/mol. The van der Waals surface area contributed by atoms with Crippen molar-refractivity contribution in [2.75, 3.05) is 18.9 Å². The first-order chi connectivity index (χ1) is 8.77. The van der Waals surface area contributed by atoms with E-state index in [-0.39, 0.29) is 5.75 Å². The lowest BCUT2D eigenvalue weighted by Gasteiger charge is -2.21. The lowest BCUT2D eigenvalue weighted by Crippen LogP contribution is -2.15. The van der Waals surface area contributed by atoms with Gasteiger partial charge in [-0.15, -0.1) is 0 Å². The number of fused-ring (bicyclic) bond motifs is 1. The molecule has 0 bridgehead atoms. The number of anilines is 1. The zero-order valence-corrected chi connectivity index (χ0v) is 9.72. The fourth-order valence-corrected chi connectivity index (χ4v) is 2.12. The van der Waals surface area contributed by atoms with E-state index in [0.29, 0.717) is 36.0 Å². The number of hydrogen-bond donors (Lipinski definition) is 2. The van der Waals surface area contributed by atoms with Crippen molar-refractivity contribution in [1.29, 1.82) is 0 Å². The summed E-state index contributed by atoms with van der Waals surface area (Å²) in [6, 6.07) is 10.6. The molecule has 0 unspecified atom stereocenters. The molecule has 18 heavy (non-hydrogen) atoms. The van der Waals surface area contributed by atoms with Gasteiger partial charge >= 0.3 is 0 Å². The highest BCUT2D eigenvalue weighted by Crippen LogP contribution is 2.44. The van der Waals surface area contributed by atoms with Crippen molar-refractivity contribution in [2.24, 2.45) is 0 Å². The van der Waals surface area contributed by atoms with Gasteiger partial charge in [0.15, 0.2) is 11.5 Å². The molecule has 0 fully saturated rings. The Bertz CT molecular complexity index is 575. The van der Waals surface area contributed by atoms with Crippen LogP contribution in [0.25, 0.3) is 11.1 Å². The predicted octanol–water partition coefficient (Wildman–Crippen LogP) is 2.41. The molecule has 0 aliphatic carbocycles. The van der Waals surface area contributed by atoms with Crippen molar-refractivity contribution >= 4 is 5.69 Å². The number of aromatic hydroxyl groups is 1. The molecule has 3 rings (SSSR count). The van der Waals surface area contributed by atoms with Crippen molar-refractivity contribution in [3.8, 4) is 28.4 Å². The number of nitrogen functional groups attached to an aromatic ring is 1. The summed E-state index contributed by atoms with van der Waals surface area (Å²) in [6.45, 7) is 1.03. The van der Waals surface area contributed by atoms with Gasteiger partial charge < -0.3 is 20.3 Å². The fraction of sp³-hybridized carbons (Fsp3) is 0.143. The molecule has 0 saturated heterocycles. The Labute approximate surface area is 105 Å². The van der Waals surface area contributed by atoms with E-state index in [1.165, 1.54) is 0 Å². The van der Waals surface area contributed by atoms with Crippen LogP contribution >= 0.6 is 0 Å². The number of phenolic OH excluding ortho intramolecular Hbond substituents is 1. The van der Waals surface area contributed by atoms with Crippen molar-refractivity contribution in [3.63, 3.8) is 0 Å². The first-order valence-corrected chi connectivity index (χ1v) is 5.74. The molecule has 0 radical (unpaired) electrons. The first kappa shape index (κ1) is 10.8. The van der Waals surface area contributed by atoms with Crippen LogP contribution in [0.1, 0.15) is 0 Å². The van der Waals surface area contributed by atoms with Crippen molar-refractivity contribution in [3.05, 3.63) is 36.4 Å². The van der Waals surface area contributed by atoms with Crippen molar-refractivity contribution in [2.45, 2.75) is 0 Å². The second-order valence-corrected chi connectivity index (χ2v) is 4.07. The van der Waals surface area contributed by atoms with Crippen molar-refractivity contribution in [1.82, 2.24) is 0 Å². The minimum absolute atomic E-state index is 0.137. The summed E-state index contributed by atoms with van der Waals surface area (Å²) >= 11 is 0. The highest BCUT2D eigenvalue weighted by Gasteiger charge is 2.19. The second-order valence-electron chi connectivity index (χ2n) is 4.07. The standard InChI is InChI=1S/C14H13NO3/c15-10-4-2-5-11(16)13(10)9-3-1-6-12-14(9)18-8-7-17-12/h1-6,16H,7-8,15H2. The Morgan fingerprint density at radius 2 is 1.78 bits per heavy atom. The van der Waals surface area contributed by atoms with Gasteiger partial charge in [-0.2, -0.15) is 0 Å². The normalized spacial score (nSPS) is 13.3. The van der Waals surface area contributed by atoms with Crippen LogP contribution < -0.4 is 15.2 Å². The number of ether oxygens (including phenoxy) is 2. The zero-order valence-electron chi connectivity index (χ0n) is 9.72. The van der Waals surface area contributed by atoms with E-state index in [2.05, 4.69) is 0 Å². The molecule has 0 amide bonds. The molecule has 3 N–H and O–H groups in total. The van der Waals surface area contributed by atoms with Gasteiger partial charge in [-0.25, -0.2) is 0 Å². The molecular weight excluding hydrogens is 230 g/mol. The van der Waals surface area contributed by atoms with Crippen LogP contribution in [-0.2, 0) is 0 Å². The highest BCUT2D eigenvalue weighted by atomic mass is 16.6. The molecule has 2 aromatic carbocycles. The molecule has 4 heteroatoms. The Hall–Kier alpha value is -2.36. The van der Waals surface area contributed by atoms with Gasteiger partial charge in [0, 0.05) is 11.3 Å². The van der Waals surface area contributed by atoms with Gasteiger partial charge in [0.2, 0.25) is 0 Å². The van der Waals surface area contributed by atoms with Crippen LogP contribution in [0.4, 0.5) is 5.69 Å². The topological polar surface area (TPSA) is 64.7 Å². The summed E-state index contributed by atoms with van der Waals surface area (Å²) in [7, 11) is 0. The molecule has 4 nitrogen and oxygen atoms in total. The molecule has 92 valence electrons. The van der Waals surface area contributed by atoms with E-state index in [1.807, 2.05) is 18.2 Å². The molecule has 1 aliphatic heterocycles. The van der Waals surface area contributed by atoms with E-state index in [9.17, 15) is 5.11 Å². The minimum Gasteiger partial charge on any atom is -0.507 e. The average molecular weight is 243 g/mol.